The number of allylic oxidation sites excluding steroid dienone is 2. The second-order valence-electron chi connectivity index (χ2n) is 8.37. The van der Waals surface area contributed by atoms with E-state index >= 15 is 0 Å². The summed E-state index contributed by atoms with van der Waals surface area (Å²) in [5.41, 5.74) is 5.39. The van der Waals surface area contributed by atoms with E-state index in [1.807, 2.05) is 0 Å². The number of carbonyl (C=O) groups excluding carboxylic acids is 3. The maximum absolute atomic E-state index is 13.2. The van der Waals surface area contributed by atoms with Gasteiger partial charge in [0.25, 0.3) is 0 Å². The summed E-state index contributed by atoms with van der Waals surface area (Å²) in [5.74, 6) is 1.84. The molecule has 0 aromatic rings. The van der Waals surface area contributed by atoms with Gasteiger partial charge in [0, 0.05) is 12.5 Å². The summed E-state index contributed by atoms with van der Waals surface area (Å²) in [7, 11) is 0. The molecule has 0 spiro atoms. The number of aliphatic imine (C=N–C) groups is 1. The lowest BCUT2D eigenvalue weighted by Gasteiger charge is -2.31. The molecule has 4 N–H and O–H groups in total. The number of Topliss-reactive ketones (excluding diaryl/α,β-unsaturated/α-hetero) is 1. The van der Waals surface area contributed by atoms with Gasteiger partial charge in [0.15, 0.2) is 12.4 Å². The highest BCUT2D eigenvalue weighted by Gasteiger charge is 2.47. The van der Waals surface area contributed by atoms with Crippen LogP contribution in [-0.4, -0.2) is 54.8 Å². The smallest absolute Gasteiger partial charge is 0.338 e. The first kappa shape index (κ1) is 24.4. The largest absolute Gasteiger partial charge is 0.454 e. The summed E-state index contributed by atoms with van der Waals surface area (Å²) in [5, 5.41) is 6.00. The Morgan fingerprint density at radius 3 is 2.77 bits per heavy atom. The van der Waals surface area contributed by atoms with Crippen LogP contribution in [0.3, 0.4) is 0 Å². The van der Waals surface area contributed by atoms with Gasteiger partial charge in [0.2, 0.25) is 5.91 Å². The molecule has 2 aliphatic rings. The topological polar surface area (TPSA) is 123 Å². The fraction of sp³-hybridized carbons (Fsp3) is 0.565. The lowest BCUT2D eigenvalue weighted by atomic mass is 9.83. The zero-order chi connectivity index (χ0) is 23.0. The number of rotatable bonds is 10. The monoisotopic (exact) mass is 428 g/mol. The second kappa shape index (κ2) is 10.9. The van der Waals surface area contributed by atoms with E-state index < -0.39 is 18.1 Å². The number of amides is 1. The molecule has 3 atom stereocenters. The minimum Gasteiger partial charge on any atom is -0.454 e. The van der Waals surface area contributed by atoms with Crippen molar-refractivity contribution in [1.82, 2.24) is 10.6 Å². The van der Waals surface area contributed by atoms with Crippen LogP contribution in [0.2, 0.25) is 0 Å². The molecule has 0 aromatic carbocycles. The predicted octanol–water partition coefficient (Wildman–Crippen LogP) is 0.875. The average molecular weight is 429 g/mol. The highest BCUT2D eigenvalue weighted by molar-refractivity contribution is 6.01. The first-order valence-corrected chi connectivity index (χ1v) is 10.6. The molecule has 0 aromatic heterocycles. The molecule has 8 nitrogen and oxygen atoms in total. The second-order valence-corrected chi connectivity index (χ2v) is 8.37. The van der Waals surface area contributed by atoms with Gasteiger partial charge in [-0.1, -0.05) is 25.8 Å². The lowest BCUT2D eigenvalue weighted by molar-refractivity contribution is -0.146. The molecular weight excluding hydrogens is 396 g/mol. The van der Waals surface area contributed by atoms with Crippen LogP contribution in [0.25, 0.3) is 0 Å². The molecular formula is C23H32N4O4. The van der Waals surface area contributed by atoms with Gasteiger partial charge in [-0.2, -0.15) is 0 Å². The Kier molecular flexibility index (Phi) is 8.57. The summed E-state index contributed by atoms with van der Waals surface area (Å²) in [4.78, 5) is 42.2. The van der Waals surface area contributed by atoms with Gasteiger partial charge in [-0.25, -0.2) is 4.79 Å². The Hall–Kier alpha value is -2.92. The van der Waals surface area contributed by atoms with Crippen LogP contribution in [0, 0.1) is 24.2 Å². The van der Waals surface area contributed by atoms with Gasteiger partial charge in [0.1, 0.15) is 11.4 Å². The van der Waals surface area contributed by atoms with Crippen molar-refractivity contribution in [1.29, 1.82) is 0 Å². The first-order chi connectivity index (χ1) is 14.7. The third kappa shape index (κ3) is 6.28. The Morgan fingerprint density at radius 1 is 1.45 bits per heavy atom. The van der Waals surface area contributed by atoms with E-state index in [-0.39, 0.29) is 42.2 Å². The molecule has 2 heterocycles. The van der Waals surface area contributed by atoms with Crippen molar-refractivity contribution in [3.8, 4) is 12.3 Å². The number of ether oxygens (including phenoxy) is 1. The van der Waals surface area contributed by atoms with Crippen molar-refractivity contribution < 1.29 is 19.1 Å². The molecule has 3 unspecified atom stereocenters. The first-order valence-electron chi connectivity index (χ1n) is 10.6. The van der Waals surface area contributed by atoms with E-state index in [1.54, 1.807) is 13.0 Å². The van der Waals surface area contributed by atoms with Crippen LogP contribution in [0.4, 0.5) is 0 Å². The number of nitrogens with zero attached hydrogens (tertiary/aromatic N) is 1. The van der Waals surface area contributed by atoms with Gasteiger partial charge < -0.3 is 21.1 Å². The number of nitrogens with two attached hydrogens (primary N) is 1. The van der Waals surface area contributed by atoms with Gasteiger partial charge in [0.05, 0.1) is 18.2 Å². The minimum absolute atomic E-state index is 0.0819. The number of hydrogen-bond acceptors (Lipinski definition) is 7. The van der Waals surface area contributed by atoms with Gasteiger partial charge in [-0.15, -0.1) is 6.42 Å². The highest BCUT2D eigenvalue weighted by Crippen LogP contribution is 2.28. The molecule has 8 heteroatoms. The van der Waals surface area contributed by atoms with Crippen molar-refractivity contribution in [2.24, 2.45) is 22.6 Å². The van der Waals surface area contributed by atoms with E-state index in [0.29, 0.717) is 31.1 Å². The molecule has 1 fully saturated rings. The van der Waals surface area contributed by atoms with Crippen molar-refractivity contribution in [2.75, 3.05) is 19.7 Å². The number of nitrogens with one attached hydrogen (secondary N) is 2. The van der Waals surface area contributed by atoms with Crippen molar-refractivity contribution in [3.05, 3.63) is 23.8 Å². The number of esters is 1. The normalized spacial score (nSPS) is 24.5. The van der Waals surface area contributed by atoms with Crippen LogP contribution in [0.5, 0.6) is 0 Å². The Morgan fingerprint density at radius 2 is 2.19 bits per heavy atom. The lowest BCUT2D eigenvalue weighted by Crippen LogP contribution is -2.58. The molecule has 168 valence electrons. The summed E-state index contributed by atoms with van der Waals surface area (Å²) in [6, 6.07) is -0.335. The van der Waals surface area contributed by atoms with Crippen LogP contribution in [-0.2, 0) is 19.1 Å². The summed E-state index contributed by atoms with van der Waals surface area (Å²) in [6.45, 7) is 6.09. The zero-order valence-corrected chi connectivity index (χ0v) is 18.4. The summed E-state index contributed by atoms with van der Waals surface area (Å²) >= 11 is 0. The third-order valence-corrected chi connectivity index (χ3v) is 5.49. The van der Waals surface area contributed by atoms with E-state index in [1.165, 1.54) is 12.2 Å². The Labute approximate surface area is 183 Å². The molecule has 2 rings (SSSR count). The molecule has 1 amide bonds. The van der Waals surface area contributed by atoms with E-state index in [4.69, 9.17) is 16.9 Å². The number of ketones is 1. The molecule has 0 aliphatic carbocycles. The fourth-order valence-corrected chi connectivity index (χ4v) is 3.79. The summed E-state index contributed by atoms with van der Waals surface area (Å²) in [6.07, 6.45) is 11.2. The SMILES string of the molecule is C#C/C=C\C(=C/C)C(=O)OCC(=O)C1(CC2CCNC2=O)CN=C(C(N)CC(C)C)N1. The molecule has 0 radical (unpaired) electrons. The average Bonchev–Trinajstić information content (AvgIpc) is 3.34. The maximum Gasteiger partial charge on any atom is 0.338 e. The number of terminal acetylenes is 1. The summed E-state index contributed by atoms with van der Waals surface area (Å²) < 4.78 is 5.24. The Bertz CT molecular complexity index is 837. The van der Waals surface area contributed by atoms with Gasteiger partial charge >= 0.3 is 5.97 Å². The number of hydrogen-bond donors (Lipinski definition) is 3. The minimum atomic E-state index is -1.12. The molecule has 0 saturated carbocycles. The van der Waals surface area contributed by atoms with Gasteiger partial charge in [-0.05, 0) is 44.3 Å². The van der Waals surface area contributed by atoms with Crippen LogP contribution in [0.1, 0.15) is 40.0 Å². The van der Waals surface area contributed by atoms with Gasteiger partial charge in [-0.3, -0.25) is 14.6 Å². The maximum atomic E-state index is 13.2. The molecule has 2 aliphatic heterocycles. The number of amidine groups is 1. The van der Waals surface area contributed by atoms with E-state index in [9.17, 15) is 14.4 Å². The zero-order valence-electron chi connectivity index (χ0n) is 18.4. The fourth-order valence-electron chi connectivity index (χ4n) is 3.79. The van der Waals surface area contributed by atoms with Crippen molar-refractivity contribution in [3.63, 3.8) is 0 Å². The standard InChI is InChI=1S/C23H32N4O4/c1-5-7-8-16(6-2)22(30)31-13-19(28)23(12-17-9-10-25-21(17)29)14-26-20(27-23)18(24)11-15(3)4/h1,6-8,15,17-18H,9-14,24H2,2-4H3,(H,25,29)(H,26,27)/b8-7-,16-6+. The highest BCUT2D eigenvalue weighted by atomic mass is 16.5. The molecule has 0 bridgehead atoms. The van der Waals surface area contributed by atoms with Crippen molar-refractivity contribution >= 4 is 23.5 Å². The quantitative estimate of drug-likeness (QED) is 0.205. The van der Waals surface area contributed by atoms with Crippen LogP contribution < -0.4 is 16.4 Å². The third-order valence-electron chi connectivity index (χ3n) is 5.49. The van der Waals surface area contributed by atoms with Crippen molar-refractivity contribution in [2.45, 2.75) is 51.6 Å². The number of carbonyl (C=O) groups is 3. The Balaban J connectivity index is 2.13. The van der Waals surface area contributed by atoms with E-state index in [0.717, 1.165) is 0 Å². The van der Waals surface area contributed by atoms with Crippen LogP contribution >= 0.6 is 0 Å². The molecule has 31 heavy (non-hydrogen) atoms. The predicted molar refractivity (Wildman–Crippen MR) is 119 cm³/mol. The molecule has 1 saturated heterocycles. The van der Waals surface area contributed by atoms with E-state index in [2.05, 4.69) is 35.4 Å². The van der Waals surface area contributed by atoms with Crippen LogP contribution in [0.15, 0.2) is 28.8 Å².